The first-order valence-electron chi connectivity index (χ1n) is 5.98. The van der Waals surface area contributed by atoms with Crippen molar-refractivity contribution in [2.45, 2.75) is 0 Å². The number of furan rings is 1. The van der Waals surface area contributed by atoms with Gasteiger partial charge in [0.25, 0.3) is 5.91 Å². The van der Waals surface area contributed by atoms with Crippen molar-refractivity contribution in [1.29, 1.82) is 0 Å². The zero-order valence-corrected chi connectivity index (χ0v) is 13.5. The fraction of sp³-hybridized carbons (Fsp3) is 0.500. The van der Waals surface area contributed by atoms with E-state index in [1.54, 1.807) is 24.1 Å². The summed E-state index contributed by atoms with van der Waals surface area (Å²) in [6.07, 6.45) is 1.52. The van der Waals surface area contributed by atoms with Crippen LogP contribution in [0.25, 0.3) is 0 Å². The molecule has 1 fully saturated rings. The summed E-state index contributed by atoms with van der Waals surface area (Å²) in [7, 11) is 3.61. The van der Waals surface area contributed by atoms with Crippen LogP contribution in [0.3, 0.4) is 0 Å². The molecule has 0 spiro atoms. The molecule has 1 aromatic heterocycles. The molecular weight excluding hydrogens is 359 g/mol. The molecule has 0 aromatic carbocycles. The lowest BCUT2D eigenvalue weighted by Gasteiger charge is -2.35. The van der Waals surface area contributed by atoms with E-state index in [9.17, 15) is 4.79 Å². The number of amides is 1. The van der Waals surface area contributed by atoms with Crippen molar-refractivity contribution in [3.05, 3.63) is 24.2 Å². The van der Waals surface area contributed by atoms with E-state index in [2.05, 4.69) is 15.2 Å². The third-order valence-corrected chi connectivity index (χ3v) is 3.03. The second-order valence-electron chi connectivity index (χ2n) is 4.05. The number of guanidine groups is 1. The van der Waals surface area contributed by atoms with Gasteiger partial charge in [0.15, 0.2) is 11.7 Å². The first-order valence-corrected chi connectivity index (χ1v) is 5.98. The van der Waals surface area contributed by atoms with Crippen molar-refractivity contribution < 1.29 is 9.21 Å². The molecule has 0 saturated carbocycles. The molecule has 1 aliphatic heterocycles. The van der Waals surface area contributed by atoms with Crippen LogP contribution in [-0.2, 0) is 0 Å². The average molecular weight is 378 g/mol. The summed E-state index contributed by atoms with van der Waals surface area (Å²) >= 11 is 0. The number of nitrogens with zero attached hydrogens (tertiary/aromatic N) is 3. The first-order chi connectivity index (χ1) is 8.76. The Bertz CT molecular complexity index is 425. The average Bonchev–Trinajstić information content (AvgIpc) is 2.94. The SMILES string of the molecule is CN=C(NC)N1CCN(C(=O)c2ccco2)CC1.I. The van der Waals surface area contributed by atoms with Crippen molar-refractivity contribution in [1.82, 2.24) is 15.1 Å². The highest BCUT2D eigenvalue weighted by atomic mass is 127. The summed E-state index contributed by atoms with van der Waals surface area (Å²) in [5.41, 5.74) is 0. The fourth-order valence-corrected chi connectivity index (χ4v) is 2.09. The predicted octanol–water partition coefficient (Wildman–Crippen LogP) is 0.861. The van der Waals surface area contributed by atoms with Gasteiger partial charge in [-0.1, -0.05) is 0 Å². The van der Waals surface area contributed by atoms with Gasteiger partial charge in [0.1, 0.15) is 0 Å². The minimum atomic E-state index is -0.0425. The number of rotatable bonds is 1. The minimum absolute atomic E-state index is 0. The molecule has 1 aliphatic rings. The monoisotopic (exact) mass is 378 g/mol. The smallest absolute Gasteiger partial charge is 0.289 e. The van der Waals surface area contributed by atoms with Gasteiger partial charge in [-0.05, 0) is 12.1 Å². The Morgan fingerprint density at radius 1 is 1.32 bits per heavy atom. The van der Waals surface area contributed by atoms with E-state index < -0.39 is 0 Å². The van der Waals surface area contributed by atoms with Gasteiger partial charge < -0.3 is 19.5 Å². The maximum absolute atomic E-state index is 12.0. The van der Waals surface area contributed by atoms with E-state index in [4.69, 9.17) is 4.42 Å². The Morgan fingerprint density at radius 3 is 2.42 bits per heavy atom. The van der Waals surface area contributed by atoms with Gasteiger partial charge in [-0.15, -0.1) is 24.0 Å². The number of hydrogen-bond acceptors (Lipinski definition) is 3. The first kappa shape index (κ1) is 15.8. The van der Waals surface area contributed by atoms with E-state index in [1.165, 1.54) is 6.26 Å². The molecule has 106 valence electrons. The zero-order chi connectivity index (χ0) is 13.0. The van der Waals surface area contributed by atoms with Crippen molar-refractivity contribution in [3.63, 3.8) is 0 Å². The fourth-order valence-electron chi connectivity index (χ4n) is 2.09. The molecule has 2 rings (SSSR count). The molecule has 0 bridgehead atoms. The zero-order valence-electron chi connectivity index (χ0n) is 11.1. The van der Waals surface area contributed by atoms with Gasteiger partial charge in [0.05, 0.1) is 6.26 Å². The molecule has 6 nitrogen and oxygen atoms in total. The van der Waals surface area contributed by atoms with Crippen molar-refractivity contribution >= 4 is 35.8 Å². The predicted molar refractivity (Wildman–Crippen MR) is 84.0 cm³/mol. The molecule has 1 aromatic rings. The molecule has 0 radical (unpaired) electrons. The van der Waals surface area contributed by atoms with Gasteiger partial charge in [-0.2, -0.15) is 0 Å². The molecular formula is C12H19IN4O2. The topological polar surface area (TPSA) is 61.1 Å². The number of piperazine rings is 1. The van der Waals surface area contributed by atoms with E-state index >= 15 is 0 Å². The van der Waals surface area contributed by atoms with Crippen molar-refractivity contribution in [2.75, 3.05) is 40.3 Å². The van der Waals surface area contributed by atoms with Gasteiger partial charge in [0, 0.05) is 40.3 Å². The molecule has 1 amide bonds. The summed E-state index contributed by atoms with van der Waals surface area (Å²) in [6, 6.07) is 3.42. The van der Waals surface area contributed by atoms with Crippen LogP contribution in [0.5, 0.6) is 0 Å². The minimum Gasteiger partial charge on any atom is -0.459 e. The lowest BCUT2D eigenvalue weighted by Crippen LogP contribution is -2.53. The molecule has 0 unspecified atom stereocenters. The van der Waals surface area contributed by atoms with Gasteiger partial charge >= 0.3 is 0 Å². The molecule has 19 heavy (non-hydrogen) atoms. The summed E-state index contributed by atoms with van der Waals surface area (Å²) in [4.78, 5) is 20.1. The van der Waals surface area contributed by atoms with Crippen LogP contribution in [0.2, 0.25) is 0 Å². The Kier molecular flexibility index (Phi) is 6.13. The highest BCUT2D eigenvalue weighted by molar-refractivity contribution is 14.0. The Hall–Kier alpha value is -1.25. The summed E-state index contributed by atoms with van der Waals surface area (Å²) < 4.78 is 5.12. The van der Waals surface area contributed by atoms with Crippen molar-refractivity contribution in [3.8, 4) is 0 Å². The van der Waals surface area contributed by atoms with Crippen LogP contribution in [0.1, 0.15) is 10.6 Å². The number of aliphatic imine (C=N–C) groups is 1. The highest BCUT2D eigenvalue weighted by Crippen LogP contribution is 2.09. The second kappa shape index (κ2) is 7.37. The number of carbonyl (C=O) groups excluding carboxylic acids is 1. The van der Waals surface area contributed by atoms with Crippen LogP contribution < -0.4 is 5.32 Å². The molecule has 1 saturated heterocycles. The summed E-state index contributed by atoms with van der Waals surface area (Å²) in [5.74, 6) is 1.22. The highest BCUT2D eigenvalue weighted by Gasteiger charge is 2.24. The van der Waals surface area contributed by atoms with Gasteiger partial charge in [-0.3, -0.25) is 9.79 Å². The maximum atomic E-state index is 12.0. The van der Waals surface area contributed by atoms with E-state index in [0.29, 0.717) is 18.8 Å². The Morgan fingerprint density at radius 2 is 1.95 bits per heavy atom. The summed E-state index contributed by atoms with van der Waals surface area (Å²) in [6.45, 7) is 2.92. The van der Waals surface area contributed by atoms with Gasteiger partial charge in [-0.25, -0.2) is 0 Å². The number of carbonyl (C=O) groups is 1. The van der Waals surface area contributed by atoms with E-state index in [1.807, 2.05) is 7.05 Å². The van der Waals surface area contributed by atoms with Gasteiger partial charge in [0.2, 0.25) is 0 Å². The Balaban J connectivity index is 0.00000180. The largest absolute Gasteiger partial charge is 0.459 e. The van der Waals surface area contributed by atoms with Crippen LogP contribution in [0.15, 0.2) is 27.8 Å². The number of halogens is 1. The number of hydrogen-bond donors (Lipinski definition) is 1. The van der Waals surface area contributed by atoms with Crippen molar-refractivity contribution in [2.24, 2.45) is 4.99 Å². The molecule has 0 atom stereocenters. The molecule has 7 heteroatoms. The summed E-state index contributed by atoms with van der Waals surface area (Å²) in [5, 5.41) is 3.05. The second-order valence-corrected chi connectivity index (χ2v) is 4.05. The molecule has 2 heterocycles. The normalized spacial score (nSPS) is 16.0. The molecule has 0 aliphatic carbocycles. The number of nitrogens with one attached hydrogen (secondary N) is 1. The lowest BCUT2D eigenvalue weighted by molar-refractivity contribution is 0.0658. The van der Waals surface area contributed by atoms with E-state index in [0.717, 1.165) is 19.0 Å². The lowest BCUT2D eigenvalue weighted by atomic mass is 10.3. The van der Waals surface area contributed by atoms with Crippen LogP contribution in [0.4, 0.5) is 0 Å². The van der Waals surface area contributed by atoms with Crippen LogP contribution in [-0.4, -0.2) is 61.9 Å². The standard InChI is InChI=1S/C12H18N4O2.HI/c1-13-12(14-2)16-7-5-15(6-8-16)11(17)10-4-3-9-18-10;/h3-4,9H,5-8H2,1-2H3,(H,13,14);1H. The third-order valence-electron chi connectivity index (χ3n) is 3.03. The third kappa shape index (κ3) is 3.62. The van der Waals surface area contributed by atoms with Crippen LogP contribution in [0, 0.1) is 0 Å². The Labute approximate surface area is 129 Å². The van der Waals surface area contributed by atoms with Crippen LogP contribution >= 0.6 is 24.0 Å². The molecule has 1 N–H and O–H groups in total. The van der Waals surface area contributed by atoms with E-state index in [-0.39, 0.29) is 29.9 Å². The maximum Gasteiger partial charge on any atom is 0.289 e. The quantitative estimate of drug-likeness (QED) is 0.448.